The number of aromatic carboxylic acids is 1. The number of rotatable bonds is 7. The highest BCUT2D eigenvalue weighted by Crippen LogP contribution is 2.38. The minimum atomic E-state index is -0.993. The van der Waals surface area contributed by atoms with Crippen molar-refractivity contribution in [1.29, 1.82) is 0 Å². The van der Waals surface area contributed by atoms with Crippen LogP contribution in [-0.2, 0) is 4.79 Å². The number of nitrogens with one attached hydrogen (secondary N) is 1. The lowest BCUT2D eigenvalue weighted by atomic mass is 10.2. The summed E-state index contributed by atoms with van der Waals surface area (Å²) < 4.78 is 15.6. The lowest BCUT2D eigenvalue weighted by molar-refractivity contribution is -0.132. The Kier molecular flexibility index (Phi) is 6.15. The Hall–Kier alpha value is -3.55. The van der Waals surface area contributed by atoms with Crippen LogP contribution in [-0.4, -0.2) is 37.5 Å². The average Bonchev–Trinajstić information content (AvgIpc) is 2.62. The van der Waals surface area contributed by atoms with Crippen molar-refractivity contribution in [2.45, 2.75) is 6.92 Å². The Morgan fingerprint density at radius 2 is 1.65 bits per heavy atom. The summed E-state index contributed by atoms with van der Waals surface area (Å²) in [6.07, 6.45) is 1.52. The molecular weight excluding hydrogens is 340 g/mol. The molecule has 0 aliphatic heterocycles. The summed E-state index contributed by atoms with van der Waals surface area (Å²) in [5, 5.41) is 13.0. The normalized spacial score (nSPS) is 10.4. The van der Waals surface area contributed by atoms with Crippen molar-refractivity contribution in [2.24, 2.45) is 5.10 Å². The number of hydrazone groups is 1. The standard InChI is InChI=1S/C18H18N2O6/c1-11(21)26-17-15(24-2)8-12(9-16(17)25-3)10-19-20-14-6-4-13(5-7-14)18(22)23/h4-10,20H,1-3H3,(H,22,23)/b19-10+. The van der Waals surface area contributed by atoms with Crippen LogP contribution >= 0.6 is 0 Å². The monoisotopic (exact) mass is 358 g/mol. The van der Waals surface area contributed by atoms with Crippen molar-refractivity contribution < 1.29 is 28.9 Å². The number of carboxylic acid groups (broad SMARTS) is 1. The Balaban J connectivity index is 2.18. The largest absolute Gasteiger partial charge is 0.493 e. The molecule has 0 radical (unpaired) electrons. The summed E-state index contributed by atoms with van der Waals surface area (Å²) in [5.41, 5.74) is 4.25. The molecule has 0 atom stereocenters. The molecule has 0 bridgehead atoms. The number of ether oxygens (including phenoxy) is 3. The molecule has 8 heteroatoms. The zero-order valence-electron chi connectivity index (χ0n) is 14.5. The van der Waals surface area contributed by atoms with Gasteiger partial charge in [0.05, 0.1) is 31.7 Å². The zero-order valence-corrected chi connectivity index (χ0v) is 14.5. The molecule has 2 aromatic rings. The number of methoxy groups -OCH3 is 2. The summed E-state index contributed by atoms with van der Waals surface area (Å²) in [7, 11) is 2.90. The van der Waals surface area contributed by atoms with Crippen molar-refractivity contribution in [1.82, 2.24) is 0 Å². The van der Waals surface area contributed by atoms with Gasteiger partial charge in [-0.25, -0.2) is 4.79 Å². The van der Waals surface area contributed by atoms with Gasteiger partial charge in [-0.2, -0.15) is 5.10 Å². The molecule has 2 aromatic carbocycles. The first kappa shape index (κ1) is 18.8. The molecule has 26 heavy (non-hydrogen) atoms. The van der Waals surface area contributed by atoms with E-state index in [4.69, 9.17) is 19.3 Å². The maximum absolute atomic E-state index is 11.2. The smallest absolute Gasteiger partial charge is 0.335 e. The summed E-state index contributed by atoms with van der Waals surface area (Å²) in [4.78, 5) is 22.0. The van der Waals surface area contributed by atoms with Gasteiger partial charge in [-0.1, -0.05) is 0 Å². The third-order valence-corrected chi connectivity index (χ3v) is 3.27. The maximum Gasteiger partial charge on any atom is 0.335 e. The molecule has 0 unspecified atom stereocenters. The van der Waals surface area contributed by atoms with E-state index >= 15 is 0 Å². The SMILES string of the molecule is COc1cc(/C=N/Nc2ccc(C(=O)O)cc2)cc(OC)c1OC(C)=O. The molecule has 0 saturated heterocycles. The zero-order chi connectivity index (χ0) is 19.1. The first-order valence-corrected chi connectivity index (χ1v) is 7.51. The highest BCUT2D eigenvalue weighted by Gasteiger charge is 2.15. The second-order valence-corrected chi connectivity index (χ2v) is 5.10. The molecule has 0 spiro atoms. The molecule has 136 valence electrons. The van der Waals surface area contributed by atoms with E-state index in [2.05, 4.69) is 10.5 Å². The van der Waals surface area contributed by atoms with Gasteiger partial charge in [0.25, 0.3) is 0 Å². The molecular formula is C18H18N2O6. The molecule has 0 heterocycles. The number of esters is 1. The fraction of sp³-hybridized carbons (Fsp3) is 0.167. The fourth-order valence-electron chi connectivity index (χ4n) is 2.09. The van der Waals surface area contributed by atoms with Gasteiger partial charge in [0, 0.05) is 12.5 Å². The van der Waals surface area contributed by atoms with Crippen LogP contribution in [0.1, 0.15) is 22.8 Å². The molecule has 0 aliphatic carbocycles. The van der Waals surface area contributed by atoms with Gasteiger partial charge in [-0.05, 0) is 36.4 Å². The lowest BCUT2D eigenvalue weighted by Gasteiger charge is -2.13. The van der Waals surface area contributed by atoms with Crippen molar-refractivity contribution in [3.05, 3.63) is 47.5 Å². The van der Waals surface area contributed by atoms with E-state index in [1.807, 2.05) is 0 Å². The Labute approximate surface area is 150 Å². The van der Waals surface area contributed by atoms with Gasteiger partial charge in [0.1, 0.15) is 0 Å². The number of hydrogen-bond acceptors (Lipinski definition) is 7. The molecule has 0 fully saturated rings. The van der Waals surface area contributed by atoms with Crippen molar-refractivity contribution in [2.75, 3.05) is 19.6 Å². The number of anilines is 1. The number of carbonyl (C=O) groups excluding carboxylic acids is 1. The first-order valence-electron chi connectivity index (χ1n) is 7.51. The molecule has 8 nitrogen and oxygen atoms in total. The number of benzene rings is 2. The summed E-state index contributed by atoms with van der Waals surface area (Å²) >= 11 is 0. The van der Waals surface area contributed by atoms with E-state index in [0.29, 0.717) is 22.7 Å². The van der Waals surface area contributed by atoms with E-state index in [1.165, 1.54) is 39.5 Å². The molecule has 2 N–H and O–H groups in total. The minimum Gasteiger partial charge on any atom is -0.493 e. The second kappa shape index (κ2) is 8.52. The molecule has 0 aromatic heterocycles. The second-order valence-electron chi connectivity index (χ2n) is 5.10. The van der Waals surface area contributed by atoms with Gasteiger partial charge >= 0.3 is 11.9 Å². The Bertz CT molecular complexity index is 805. The minimum absolute atomic E-state index is 0.190. The van der Waals surface area contributed by atoms with E-state index in [-0.39, 0.29) is 11.3 Å². The average molecular weight is 358 g/mol. The third kappa shape index (κ3) is 4.73. The quantitative estimate of drug-likeness (QED) is 0.339. The van der Waals surface area contributed by atoms with Crippen molar-refractivity contribution in [3.8, 4) is 17.2 Å². The van der Waals surface area contributed by atoms with E-state index in [0.717, 1.165) is 0 Å². The first-order chi connectivity index (χ1) is 12.4. The summed E-state index contributed by atoms with van der Waals surface area (Å²) in [6.45, 7) is 1.29. The van der Waals surface area contributed by atoms with Gasteiger partial charge in [-0.15, -0.1) is 0 Å². The van der Waals surface area contributed by atoms with Crippen molar-refractivity contribution in [3.63, 3.8) is 0 Å². The van der Waals surface area contributed by atoms with E-state index in [9.17, 15) is 9.59 Å². The third-order valence-electron chi connectivity index (χ3n) is 3.27. The number of carboxylic acids is 1. The van der Waals surface area contributed by atoms with Crippen LogP contribution in [0.2, 0.25) is 0 Å². The highest BCUT2D eigenvalue weighted by atomic mass is 16.6. The van der Waals surface area contributed by atoms with Gasteiger partial charge in [0.15, 0.2) is 11.5 Å². The van der Waals surface area contributed by atoms with Crippen LogP contribution in [0.3, 0.4) is 0 Å². The molecule has 2 rings (SSSR count). The maximum atomic E-state index is 11.2. The van der Waals surface area contributed by atoms with Crippen LogP contribution in [0.25, 0.3) is 0 Å². The number of nitrogens with zero attached hydrogens (tertiary/aromatic N) is 1. The van der Waals surface area contributed by atoms with E-state index in [1.54, 1.807) is 24.3 Å². The van der Waals surface area contributed by atoms with Crippen LogP contribution in [0, 0.1) is 0 Å². The van der Waals surface area contributed by atoms with Gasteiger partial charge in [-0.3, -0.25) is 10.2 Å². The predicted molar refractivity (Wildman–Crippen MR) is 95.5 cm³/mol. The predicted octanol–water partition coefficient (Wildman–Crippen LogP) is 2.77. The summed E-state index contributed by atoms with van der Waals surface area (Å²) in [6, 6.07) is 9.43. The Morgan fingerprint density at radius 1 is 1.08 bits per heavy atom. The van der Waals surface area contributed by atoms with Crippen LogP contribution in [0.4, 0.5) is 5.69 Å². The number of hydrogen-bond donors (Lipinski definition) is 2. The molecule has 0 saturated carbocycles. The van der Waals surface area contributed by atoms with Crippen LogP contribution < -0.4 is 19.6 Å². The molecule has 0 amide bonds. The Morgan fingerprint density at radius 3 is 2.12 bits per heavy atom. The highest BCUT2D eigenvalue weighted by molar-refractivity contribution is 5.88. The van der Waals surface area contributed by atoms with E-state index < -0.39 is 11.9 Å². The topological polar surface area (TPSA) is 106 Å². The van der Waals surface area contributed by atoms with Crippen LogP contribution in [0.15, 0.2) is 41.5 Å². The van der Waals surface area contributed by atoms with Gasteiger partial charge < -0.3 is 19.3 Å². The van der Waals surface area contributed by atoms with Crippen molar-refractivity contribution >= 4 is 23.8 Å². The molecule has 0 aliphatic rings. The summed E-state index contributed by atoms with van der Waals surface area (Å²) in [5.74, 6) is -0.642. The van der Waals surface area contributed by atoms with Crippen LogP contribution in [0.5, 0.6) is 17.2 Å². The fourth-order valence-corrected chi connectivity index (χ4v) is 2.09. The lowest BCUT2D eigenvalue weighted by Crippen LogP contribution is -2.05. The number of carbonyl (C=O) groups is 2. The van der Waals surface area contributed by atoms with Gasteiger partial charge in [0.2, 0.25) is 5.75 Å².